The van der Waals surface area contributed by atoms with Gasteiger partial charge in [0.1, 0.15) is 11.6 Å². The minimum atomic E-state index is -0.757. The van der Waals surface area contributed by atoms with Crippen molar-refractivity contribution in [2.24, 2.45) is 7.05 Å². The van der Waals surface area contributed by atoms with Gasteiger partial charge >= 0.3 is 5.69 Å². The van der Waals surface area contributed by atoms with Crippen molar-refractivity contribution < 1.29 is 14.6 Å². The summed E-state index contributed by atoms with van der Waals surface area (Å²) >= 11 is 6.48. The number of β-amino-alcohol motifs (C(OH)–C–C–N with tert-alkyl or cyclic N) is 1. The SMILES string of the molecule is Cc1ncc(-c2cc(F)cc(-c3ccc(-n4ccn(C)c4=O)c(Cl)c3)c2O)cc1N1CC(C)(O)C1. The molecule has 2 N–H and O–H groups in total. The molecule has 3 heterocycles. The van der Waals surface area contributed by atoms with Gasteiger partial charge in [-0.2, -0.15) is 0 Å². The molecule has 0 saturated carbocycles. The molecule has 0 amide bonds. The Morgan fingerprint density at radius 3 is 2.34 bits per heavy atom. The number of nitrogens with zero attached hydrogens (tertiary/aromatic N) is 4. The Hall–Kier alpha value is -3.62. The molecule has 0 atom stereocenters. The third-order valence-electron chi connectivity index (χ3n) is 6.31. The van der Waals surface area contributed by atoms with Gasteiger partial charge in [-0.05, 0) is 49.7 Å². The number of aliphatic hydroxyl groups is 1. The molecule has 7 nitrogen and oxygen atoms in total. The van der Waals surface area contributed by atoms with E-state index in [4.69, 9.17) is 11.6 Å². The van der Waals surface area contributed by atoms with Crippen LogP contribution in [0.4, 0.5) is 10.1 Å². The van der Waals surface area contributed by atoms with Gasteiger partial charge in [0.05, 0.1) is 27.7 Å². The number of imidazole rings is 1. The summed E-state index contributed by atoms with van der Waals surface area (Å²) in [6.07, 6.45) is 4.83. The molecule has 0 unspecified atom stereocenters. The van der Waals surface area contributed by atoms with E-state index in [1.54, 1.807) is 50.8 Å². The van der Waals surface area contributed by atoms with Gasteiger partial charge in [0.2, 0.25) is 0 Å². The normalized spacial score (nSPS) is 14.7. The van der Waals surface area contributed by atoms with Gasteiger partial charge in [-0.1, -0.05) is 17.7 Å². The predicted octanol–water partition coefficient (Wildman–Crippen LogP) is 4.28. The van der Waals surface area contributed by atoms with E-state index in [1.165, 1.54) is 21.3 Å². The Bertz CT molecular complexity index is 1520. The van der Waals surface area contributed by atoms with Crippen molar-refractivity contribution in [3.8, 4) is 33.7 Å². The summed E-state index contributed by atoms with van der Waals surface area (Å²) in [6, 6.07) is 9.28. The molecule has 5 rings (SSSR count). The molecule has 0 bridgehead atoms. The molecule has 4 aromatic rings. The predicted molar refractivity (Wildman–Crippen MR) is 134 cm³/mol. The number of aromatic hydroxyl groups is 1. The highest BCUT2D eigenvalue weighted by Gasteiger charge is 2.37. The van der Waals surface area contributed by atoms with Gasteiger partial charge in [-0.3, -0.25) is 9.55 Å². The largest absolute Gasteiger partial charge is 0.507 e. The number of anilines is 1. The number of hydrogen-bond donors (Lipinski definition) is 2. The number of phenols is 1. The second kappa shape index (κ2) is 8.25. The van der Waals surface area contributed by atoms with Crippen LogP contribution in [0.5, 0.6) is 5.75 Å². The van der Waals surface area contributed by atoms with Gasteiger partial charge in [-0.15, -0.1) is 0 Å². The van der Waals surface area contributed by atoms with Crippen molar-refractivity contribution in [2.75, 3.05) is 18.0 Å². The summed E-state index contributed by atoms with van der Waals surface area (Å²) in [7, 11) is 1.64. The molecule has 1 aliphatic heterocycles. The number of pyridine rings is 1. The molecular weight excluding hydrogens is 471 g/mol. The molecule has 2 aromatic carbocycles. The zero-order chi connectivity index (χ0) is 25.1. The summed E-state index contributed by atoms with van der Waals surface area (Å²) in [4.78, 5) is 18.7. The van der Waals surface area contributed by atoms with Crippen molar-refractivity contribution in [3.63, 3.8) is 0 Å². The first-order valence-electron chi connectivity index (χ1n) is 11.1. The fourth-order valence-electron chi connectivity index (χ4n) is 4.49. The van der Waals surface area contributed by atoms with Crippen LogP contribution in [-0.4, -0.2) is 43.0 Å². The lowest BCUT2D eigenvalue weighted by atomic mass is 9.94. The molecule has 35 heavy (non-hydrogen) atoms. The summed E-state index contributed by atoms with van der Waals surface area (Å²) < 4.78 is 17.6. The number of aryl methyl sites for hydroxylation is 2. The van der Waals surface area contributed by atoms with Gasteiger partial charge in [0, 0.05) is 55.4 Å². The van der Waals surface area contributed by atoms with Crippen molar-refractivity contribution in [3.05, 3.63) is 82.0 Å². The molecule has 180 valence electrons. The smallest absolute Gasteiger partial charge is 0.332 e. The zero-order valence-corrected chi connectivity index (χ0v) is 20.2. The second-order valence-corrected chi connectivity index (χ2v) is 9.67. The highest BCUT2D eigenvalue weighted by atomic mass is 35.5. The van der Waals surface area contributed by atoms with E-state index in [0.717, 1.165) is 11.4 Å². The quantitative estimate of drug-likeness (QED) is 0.442. The van der Waals surface area contributed by atoms with Gasteiger partial charge in [0.25, 0.3) is 0 Å². The maximum Gasteiger partial charge on any atom is 0.332 e. The van der Waals surface area contributed by atoms with Crippen LogP contribution in [0, 0.1) is 12.7 Å². The molecule has 1 saturated heterocycles. The van der Waals surface area contributed by atoms with Crippen LogP contribution in [0.25, 0.3) is 27.9 Å². The molecule has 0 spiro atoms. The lowest BCUT2D eigenvalue weighted by Crippen LogP contribution is -2.60. The number of benzene rings is 2. The van der Waals surface area contributed by atoms with Crippen molar-refractivity contribution in [1.29, 1.82) is 0 Å². The van der Waals surface area contributed by atoms with Crippen LogP contribution in [-0.2, 0) is 7.05 Å². The Balaban J connectivity index is 1.56. The Morgan fingerprint density at radius 1 is 1.06 bits per heavy atom. The van der Waals surface area contributed by atoms with Gasteiger partial charge in [-0.25, -0.2) is 9.18 Å². The third kappa shape index (κ3) is 4.09. The van der Waals surface area contributed by atoms with E-state index in [9.17, 15) is 19.4 Å². The first-order valence-corrected chi connectivity index (χ1v) is 11.4. The second-order valence-electron chi connectivity index (χ2n) is 9.26. The average Bonchev–Trinajstić information content (AvgIpc) is 3.12. The molecule has 0 aliphatic carbocycles. The zero-order valence-electron chi connectivity index (χ0n) is 19.5. The highest BCUT2D eigenvalue weighted by molar-refractivity contribution is 6.32. The average molecular weight is 495 g/mol. The number of aromatic nitrogens is 3. The molecule has 1 aliphatic rings. The summed E-state index contributed by atoms with van der Waals surface area (Å²) in [6.45, 7) is 4.57. The lowest BCUT2D eigenvalue weighted by molar-refractivity contribution is 0.0309. The van der Waals surface area contributed by atoms with Gasteiger partial charge < -0.3 is 19.7 Å². The monoisotopic (exact) mass is 494 g/mol. The third-order valence-corrected chi connectivity index (χ3v) is 6.62. The van der Waals surface area contributed by atoms with Crippen molar-refractivity contribution in [1.82, 2.24) is 14.1 Å². The molecule has 2 aromatic heterocycles. The van der Waals surface area contributed by atoms with E-state index in [2.05, 4.69) is 4.98 Å². The van der Waals surface area contributed by atoms with Crippen molar-refractivity contribution >= 4 is 17.3 Å². The molecule has 0 radical (unpaired) electrons. The summed E-state index contributed by atoms with van der Waals surface area (Å²) in [5.74, 6) is -0.638. The highest BCUT2D eigenvalue weighted by Crippen LogP contribution is 2.41. The van der Waals surface area contributed by atoms with Gasteiger partial charge in [0.15, 0.2) is 0 Å². The van der Waals surface area contributed by atoms with Crippen LogP contribution < -0.4 is 10.6 Å². The maximum atomic E-state index is 14.7. The minimum absolute atomic E-state index is 0.112. The van der Waals surface area contributed by atoms with Crippen LogP contribution in [0.1, 0.15) is 12.6 Å². The van der Waals surface area contributed by atoms with Crippen LogP contribution in [0.15, 0.2) is 59.8 Å². The molecule has 1 fully saturated rings. The molecular formula is C26H24ClFN4O3. The van der Waals surface area contributed by atoms with E-state index < -0.39 is 11.4 Å². The first kappa shape index (κ1) is 23.1. The van der Waals surface area contributed by atoms with E-state index in [0.29, 0.717) is 35.5 Å². The summed E-state index contributed by atoms with van der Waals surface area (Å²) in [5.41, 5.74) is 2.68. The lowest BCUT2D eigenvalue weighted by Gasteiger charge is -2.46. The fraction of sp³-hybridized carbons (Fsp3) is 0.231. The van der Waals surface area contributed by atoms with E-state index in [1.807, 2.05) is 17.9 Å². The van der Waals surface area contributed by atoms with Crippen LogP contribution in [0.2, 0.25) is 5.02 Å². The van der Waals surface area contributed by atoms with Crippen molar-refractivity contribution in [2.45, 2.75) is 19.4 Å². The Labute approximate surface area is 206 Å². The minimum Gasteiger partial charge on any atom is -0.507 e. The number of halogens is 2. The maximum absolute atomic E-state index is 14.7. The standard InChI is InChI=1S/C26H24ClFN4O3/c1-15-23(31-13-26(2,35)14-31)9-17(12-29-15)20-11-18(28)10-19(24(20)33)16-4-5-22(21(27)8-16)32-7-6-30(3)25(32)34/h4-12,33,35H,13-14H2,1-3H3. The number of rotatable bonds is 4. The Morgan fingerprint density at radius 2 is 1.74 bits per heavy atom. The van der Waals surface area contributed by atoms with Crippen LogP contribution in [0.3, 0.4) is 0 Å². The van der Waals surface area contributed by atoms with Crippen LogP contribution >= 0.6 is 11.6 Å². The Kier molecular flexibility index (Phi) is 5.45. The topological polar surface area (TPSA) is 83.5 Å². The number of phenolic OH excluding ortho intramolecular Hbond substituents is 1. The first-order chi connectivity index (χ1) is 16.5. The number of hydrogen-bond acceptors (Lipinski definition) is 5. The summed E-state index contributed by atoms with van der Waals surface area (Å²) in [5, 5.41) is 21.5. The van der Waals surface area contributed by atoms with E-state index in [-0.39, 0.29) is 22.0 Å². The molecule has 9 heteroatoms. The van der Waals surface area contributed by atoms with E-state index >= 15 is 0 Å². The fourth-order valence-corrected chi connectivity index (χ4v) is 4.76.